The van der Waals surface area contributed by atoms with Crippen molar-refractivity contribution in [3.05, 3.63) is 91.0 Å². The second-order valence-corrected chi connectivity index (χ2v) is 19.5. The lowest BCUT2D eigenvalue weighted by molar-refractivity contribution is -0.158. The van der Waals surface area contributed by atoms with Gasteiger partial charge < -0.3 is 28.3 Å². The maximum Gasteiger partial charge on any atom is 0.328 e. The topological polar surface area (TPSA) is 83.5 Å². The van der Waals surface area contributed by atoms with Crippen LogP contribution < -0.4 is 24.3 Å². The molecule has 0 bridgehead atoms. The third kappa shape index (κ3) is 9.18. The molecule has 9 heteroatoms. The fraction of sp³-hybridized carbons (Fsp3) is 0.500. The Morgan fingerprint density at radius 3 is 2.06 bits per heavy atom. The number of nitrogens with zero attached hydrogens (tertiary/aromatic N) is 1. The molecule has 0 aromatic heterocycles. The molecule has 0 radical (unpaired) electrons. The first-order valence-corrected chi connectivity index (χ1v) is 21.3. The first-order valence-electron chi connectivity index (χ1n) is 19.4. The summed E-state index contributed by atoms with van der Waals surface area (Å²) in [4.78, 5) is 30.5. The normalized spacial score (nSPS) is 17.5. The second kappa shape index (κ2) is 18.8. The molecule has 1 heterocycles. The summed E-state index contributed by atoms with van der Waals surface area (Å²) in [5.74, 6) is 0.810. The van der Waals surface area contributed by atoms with E-state index >= 15 is 4.79 Å². The molecule has 1 saturated heterocycles. The van der Waals surface area contributed by atoms with E-state index in [-0.39, 0.29) is 29.4 Å². The van der Waals surface area contributed by atoms with Crippen molar-refractivity contribution >= 4 is 30.6 Å². The summed E-state index contributed by atoms with van der Waals surface area (Å²) in [5, 5.41) is 1.96. The van der Waals surface area contributed by atoms with Crippen LogP contribution in [0.15, 0.2) is 85.5 Å². The van der Waals surface area contributed by atoms with Gasteiger partial charge in [0.1, 0.15) is 6.04 Å². The van der Waals surface area contributed by atoms with Crippen molar-refractivity contribution in [2.75, 3.05) is 40.6 Å². The maximum atomic E-state index is 15.1. The van der Waals surface area contributed by atoms with Crippen molar-refractivity contribution in [2.24, 2.45) is 5.92 Å². The van der Waals surface area contributed by atoms with E-state index in [9.17, 15) is 4.79 Å². The van der Waals surface area contributed by atoms with Crippen molar-refractivity contribution in [3.63, 3.8) is 0 Å². The van der Waals surface area contributed by atoms with Crippen LogP contribution in [0.3, 0.4) is 0 Å². The summed E-state index contributed by atoms with van der Waals surface area (Å²) in [6, 6.07) is 24.3. The van der Waals surface area contributed by atoms with Gasteiger partial charge in [0.15, 0.2) is 11.5 Å². The van der Waals surface area contributed by atoms with E-state index < -0.39 is 20.3 Å². The Kier molecular flexibility index (Phi) is 14.2. The molecule has 5 rings (SSSR count). The van der Waals surface area contributed by atoms with Crippen molar-refractivity contribution in [2.45, 2.75) is 95.6 Å². The Bertz CT molecular complexity index is 1600. The van der Waals surface area contributed by atoms with Crippen LogP contribution in [0, 0.1) is 5.92 Å². The van der Waals surface area contributed by atoms with Gasteiger partial charge in [-0.05, 0) is 71.1 Å². The van der Waals surface area contributed by atoms with Gasteiger partial charge >= 0.3 is 14.3 Å². The standard InChI is InChI=1S/C44H59NO7Si/c1-7-28-50-29-19-30-51-43(47)37-26-17-18-27-45(37)42(46)40(33-20-11-8-12-21-33)34-31-38(48-5)41(49-6)39(32-34)52-53(44(2,3)4,35-22-13-9-14-23-35)36-24-15-10-16-25-36/h7,9-10,13-16,22-25,31-33,37,40H,1,8,11-12,17-21,26-30H2,2-6H3/t37-,40-/m0/s1. The molecule has 2 aliphatic rings. The summed E-state index contributed by atoms with van der Waals surface area (Å²) in [7, 11) is 0.178. The molecule has 0 unspecified atom stereocenters. The average molecular weight is 742 g/mol. The zero-order chi connectivity index (χ0) is 37.8. The number of amides is 1. The lowest BCUT2D eigenvalue weighted by Gasteiger charge is -2.43. The molecule has 1 amide bonds. The van der Waals surface area contributed by atoms with Crippen LogP contribution >= 0.6 is 0 Å². The number of esters is 1. The maximum absolute atomic E-state index is 15.1. The minimum atomic E-state index is -3.09. The number of likely N-dealkylation sites (tertiary alicyclic amines) is 1. The molecule has 0 N–H and O–H groups in total. The van der Waals surface area contributed by atoms with Crippen molar-refractivity contribution in [3.8, 4) is 17.2 Å². The number of rotatable bonds is 16. The third-order valence-corrected chi connectivity index (χ3v) is 15.8. The van der Waals surface area contributed by atoms with Gasteiger partial charge in [0, 0.05) is 13.0 Å². The van der Waals surface area contributed by atoms with Crippen molar-refractivity contribution in [1.82, 2.24) is 4.90 Å². The van der Waals surface area contributed by atoms with E-state index in [1.54, 1.807) is 25.2 Å². The molecular weight excluding hydrogens is 683 g/mol. The van der Waals surface area contributed by atoms with Gasteiger partial charge in [0.2, 0.25) is 11.7 Å². The highest BCUT2D eigenvalue weighted by atomic mass is 28.4. The minimum absolute atomic E-state index is 0.0310. The van der Waals surface area contributed by atoms with Crippen LogP contribution in [0.2, 0.25) is 5.04 Å². The summed E-state index contributed by atoms with van der Waals surface area (Å²) < 4.78 is 30.9. The van der Waals surface area contributed by atoms with Gasteiger partial charge in [-0.1, -0.05) is 107 Å². The van der Waals surface area contributed by atoms with Crippen molar-refractivity contribution in [1.29, 1.82) is 0 Å². The van der Waals surface area contributed by atoms with Gasteiger partial charge in [-0.15, -0.1) is 6.58 Å². The smallest absolute Gasteiger partial charge is 0.328 e. The second-order valence-electron chi connectivity index (χ2n) is 15.3. The van der Waals surface area contributed by atoms with Gasteiger partial charge in [-0.2, -0.15) is 0 Å². The molecule has 1 aliphatic heterocycles. The van der Waals surface area contributed by atoms with Gasteiger partial charge in [-0.25, -0.2) is 4.79 Å². The Morgan fingerprint density at radius 1 is 0.849 bits per heavy atom. The summed E-state index contributed by atoms with van der Waals surface area (Å²) in [6.45, 7) is 12.1. The fourth-order valence-corrected chi connectivity index (χ4v) is 12.7. The first kappa shape index (κ1) is 40.1. The number of carbonyl (C=O) groups is 2. The van der Waals surface area contributed by atoms with Crippen molar-refractivity contribution < 1.29 is 33.0 Å². The number of hydrogen-bond acceptors (Lipinski definition) is 7. The number of benzene rings is 3. The molecule has 53 heavy (non-hydrogen) atoms. The molecular formula is C44H59NO7Si. The predicted octanol–water partition coefficient (Wildman–Crippen LogP) is 7.82. The fourth-order valence-electron chi connectivity index (χ4n) is 8.32. The molecule has 1 saturated carbocycles. The highest BCUT2D eigenvalue weighted by molar-refractivity contribution is 7.00. The van der Waals surface area contributed by atoms with Crippen LogP contribution in [0.25, 0.3) is 0 Å². The molecule has 1 aliphatic carbocycles. The predicted molar refractivity (Wildman–Crippen MR) is 213 cm³/mol. The van der Waals surface area contributed by atoms with Crippen LogP contribution in [-0.4, -0.2) is 71.7 Å². The van der Waals surface area contributed by atoms with Gasteiger partial charge in [-0.3, -0.25) is 4.79 Å². The largest absolute Gasteiger partial charge is 0.531 e. The van der Waals surface area contributed by atoms with Crippen LogP contribution in [-0.2, 0) is 19.1 Å². The van der Waals surface area contributed by atoms with E-state index in [2.05, 4.69) is 75.9 Å². The molecule has 2 fully saturated rings. The third-order valence-electron chi connectivity index (χ3n) is 10.9. The number of hydrogen-bond donors (Lipinski definition) is 0. The van der Waals surface area contributed by atoms with Gasteiger partial charge in [0.05, 0.1) is 40.0 Å². The Balaban J connectivity index is 1.59. The van der Waals surface area contributed by atoms with E-state index in [1.165, 1.54) is 0 Å². The Hall–Kier alpha value is -4.08. The molecule has 8 nitrogen and oxygen atoms in total. The van der Waals surface area contributed by atoms with E-state index in [0.29, 0.717) is 49.8 Å². The quantitative estimate of drug-likeness (QED) is 0.0641. The lowest BCUT2D eigenvalue weighted by atomic mass is 9.75. The van der Waals surface area contributed by atoms with E-state index in [1.807, 2.05) is 24.3 Å². The molecule has 3 aromatic carbocycles. The van der Waals surface area contributed by atoms with Gasteiger partial charge in [0.25, 0.3) is 0 Å². The summed E-state index contributed by atoms with van der Waals surface area (Å²) in [6.07, 6.45) is 9.73. The summed E-state index contributed by atoms with van der Waals surface area (Å²) >= 11 is 0. The Labute approximate surface area is 317 Å². The first-order chi connectivity index (χ1) is 25.7. The van der Waals surface area contributed by atoms with Crippen LogP contribution in [0.5, 0.6) is 17.2 Å². The number of piperidine rings is 1. The monoisotopic (exact) mass is 741 g/mol. The highest BCUT2D eigenvalue weighted by Crippen LogP contribution is 2.48. The number of methoxy groups -OCH3 is 2. The summed E-state index contributed by atoms with van der Waals surface area (Å²) in [5.41, 5.74) is 0.824. The van der Waals surface area contributed by atoms with Crippen LogP contribution in [0.4, 0.5) is 0 Å². The minimum Gasteiger partial charge on any atom is -0.531 e. The molecule has 2 atom stereocenters. The molecule has 3 aromatic rings. The Morgan fingerprint density at radius 2 is 1.47 bits per heavy atom. The SMILES string of the molecule is C=CCOCCCOC(=O)[C@@H]1CCCCN1C(=O)[C@H](c1cc(OC)c(OC)c(O[Si](c2ccccc2)(c2ccccc2)C(C)(C)C)c1)C1CCCCC1. The number of ether oxygens (including phenoxy) is 4. The average Bonchev–Trinajstić information content (AvgIpc) is 3.18. The zero-order valence-corrected chi connectivity index (χ0v) is 33.4. The number of carbonyl (C=O) groups excluding carboxylic acids is 2. The lowest BCUT2D eigenvalue weighted by Crippen LogP contribution is -2.68. The molecule has 286 valence electrons. The zero-order valence-electron chi connectivity index (χ0n) is 32.4. The van der Waals surface area contributed by atoms with E-state index in [0.717, 1.165) is 60.9 Å². The van der Waals surface area contributed by atoms with Crippen LogP contribution in [0.1, 0.15) is 90.0 Å². The van der Waals surface area contributed by atoms with E-state index in [4.69, 9.17) is 23.4 Å². The molecule has 0 spiro atoms. The highest BCUT2D eigenvalue weighted by Gasteiger charge is 2.53.